The molecule has 2 aromatic heterocycles. The van der Waals surface area contributed by atoms with Gasteiger partial charge in [0.15, 0.2) is 0 Å². The van der Waals surface area contributed by atoms with Crippen LogP contribution in [-0.4, -0.2) is 10.8 Å². The second-order valence-corrected chi connectivity index (χ2v) is 4.83. The predicted octanol–water partition coefficient (Wildman–Crippen LogP) is 3.85. The van der Waals surface area contributed by atoms with Crippen molar-refractivity contribution in [2.24, 2.45) is 0 Å². The molecule has 0 aliphatic carbocycles. The van der Waals surface area contributed by atoms with Crippen LogP contribution >= 0.6 is 0 Å². The second-order valence-electron chi connectivity index (χ2n) is 4.83. The molecule has 3 aromatic rings. The van der Waals surface area contributed by atoms with Crippen molar-refractivity contribution in [2.45, 2.75) is 13.1 Å². The summed E-state index contributed by atoms with van der Waals surface area (Å²) < 4.78 is 23.6. The molecule has 0 N–H and O–H groups in total. The average Bonchev–Trinajstić information content (AvgIpc) is 3.20. The van der Waals surface area contributed by atoms with Crippen LogP contribution in [0.4, 0.5) is 4.39 Å². The van der Waals surface area contributed by atoms with Crippen LogP contribution in [0.1, 0.15) is 21.9 Å². The molecule has 22 heavy (non-hydrogen) atoms. The minimum absolute atomic E-state index is 0.215. The van der Waals surface area contributed by atoms with E-state index in [0.29, 0.717) is 30.2 Å². The number of carbonyl (C=O) groups excluding carboxylic acids is 1. The summed E-state index contributed by atoms with van der Waals surface area (Å²) in [6, 6.07) is 12.6. The smallest absolute Gasteiger partial charge is 0.254 e. The molecule has 0 saturated heterocycles. The zero-order valence-electron chi connectivity index (χ0n) is 11.7. The molecule has 0 aliphatic heterocycles. The highest BCUT2D eigenvalue weighted by atomic mass is 19.1. The van der Waals surface area contributed by atoms with Crippen molar-refractivity contribution in [3.8, 4) is 0 Å². The van der Waals surface area contributed by atoms with E-state index >= 15 is 0 Å². The standard InChI is InChI=1S/C17H14FNO3/c18-14-7-5-13(6-8-14)17(20)19(11-15-3-1-9-21-15)12-16-4-2-10-22-16/h1-10H,11-12H2. The van der Waals surface area contributed by atoms with Crippen molar-refractivity contribution in [3.63, 3.8) is 0 Å². The molecule has 0 unspecified atom stereocenters. The Morgan fingerprint density at radius 1 is 0.909 bits per heavy atom. The third kappa shape index (κ3) is 3.25. The summed E-state index contributed by atoms with van der Waals surface area (Å²) in [7, 11) is 0. The Labute approximate surface area is 126 Å². The summed E-state index contributed by atoms with van der Waals surface area (Å²) in [5.74, 6) is 0.747. The molecule has 3 rings (SSSR count). The maximum atomic E-state index is 13.0. The third-order valence-electron chi connectivity index (χ3n) is 3.23. The van der Waals surface area contributed by atoms with Crippen molar-refractivity contribution in [1.29, 1.82) is 0 Å². The first-order valence-corrected chi connectivity index (χ1v) is 6.82. The van der Waals surface area contributed by atoms with E-state index in [1.165, 1.54) is 24.3 Å². The van der Waals surface area contributed by atoms with Gasteiger partial charge in [0.2, 0.25) is 0 Å². The monoisotopic (exact) mass is 299 g/mol. The van der Waals surface area contributed by atoms with E-state index in [4.69, 9.17) is 8.83 Å². The molecule has 1 amide bonds. The van der Waals surface area contributed by atoms with Gasteiger partial charge in [0.05, 0.1) is 25.6 Å². The lowest BCUT2D eigenvalue weighted by Crippen LogP contribution is -2.29. The summed E-state index contributed by atoms with van der Waals surface area (Å²) in [5.41, 5.74) is 0.416. The van der Waals surface area contributed by atoms with E-state index in [2.05, 4.69) is 0 Å². The summed E-state index contributed by atoms with van der Waals surface area (Å²) >= 11 is 0. The van der Waals surface area contributed by atoms with E-state index in [0.717, 1.165) is 0 Å². The van der Waals surface area contributed by atoms with Crippen molar-refractivity contribution >= 4 is 5.91 Å². The molecule has 5 heteroatoms. The van der Waals surface area contributed by atoms with Gasteiger partial charge in [-0.15, -0.1) is 0 Å². The normalized spacial score (nSPS) is 10.6. The van der Waals surface area contributed by atoms with Gasteiger partial charge in [0.25, 0.3) is 5.91 Å². The van der Waals surface area contributed by atoms with Crippen LogP contribution in [0.2, 0.25) is 0 Å². The zero-order chi connectivity index (χ0) is 15.4. The molecular weight excluding hydrogens is 285 g/mol. The third-order valence-corrected chi connectivity index (χ3v) is 3.23. The fourth-order valence-electron chi connectivity index (χ4n) is 2.16. The van der Waals surface area contributed by atoms with Crippen LogP contribution in [0.3, 0.4) is 0 Å². The Kier molecular flexibility index (Phi) is 4.05. The molecule has 0 radical (unpaired) electrons. The van der Waals surface area contributed by atoms with Crippen molar-refractivity contribution in [3.05, 3.63) is 84.0 Å². The molecule has 0 aliphatic rings. The lowest BCUT2D eigenvalue weighted by Gasteiger charge is -2.20. The summed E-state index contributed by atoms with van der Waals surface area (Å²) in [5, 5.41) is 0. The van der Waals surface area contributed by atoms with Gasteiger partial charge in [0, 0.05) is 5.56 Å². The fourth-order valence-corrected chi connectivity index (χ4v) is 2.16. The highest BCUT2D eigenvalue weighted by Crippen LogP contribution is 2.15. The number of nitrogens with zero attached hydrogens (tertiary/aromatic N) is 1. The number of benzene rings is 1. The van der Waals surface area contributed by atoms with Gasteiger partial charge in [-0.3, -0.25) is 4.79 Å². The molecule has 0 bridgehead atoms. The Hall–Kier alpha value is -2.82. The summed E-state index contributed by atoms with van der Waals surface area (Å²) in [6.07, 6.45) is 3.12. The zero-order valence-corrected chi connectivity index (χ0v) is 11.7. The average molecular weight is 299 g/mol. The van der Waals surface area contributed by atoms with E-state index < -0.39 is 0 Å². The highest BCUT2D eigenvalue weighted by molar-refractivity contribution is 5.94. The van der Waals surface area contributed by atoms with E-state index in [9.17, 15) is 9.18 Å². The molecule has 0 saturated carbocycles. The molecule has 0 spiro atoms. The maximum Gasteiger partial charge on any atom is 0.254 e. The minimum atomic E-state index is -0.375. The van der Waals surface area contributed by atoms with Gasteiger partial charge in [-0.05, 0) is 48.5 Å². The number of hydrogen-bond donors (Lipinski definition) is 0. The van der Waals surface area contributed by atoms with Crippen LogP contribution in [0.15, 0.2) is 69.9 Å². The molecule has 112 valence electrons. The minimum Gasteiger partial charge on any atom is -0.467 e. The SMILES string of the molecule is O=C(c1ccc(F)cc1)N(Cc1ccco1)Cc1ccco1. The quantitative estimate of drug-likeness (QED) is 0.719. The number of hydrogen-bond acceptors (Lipinski definition) is 3. The van der Waals surface area contributed by atoms with Crippen LogP contribution in [-0.2, 0) is 13.1 Å². The van der Waals surface area contributed by atoms with Gasteiger partial charge in [-0.1, -0.05) is 0 Å². The number of rotatable bonds is 5. The van der Waals surface area contributed by atoms with E-state index in [1.54, 1.807) is 41.7 Å². The number of furan rings is 2. The molecule has 0 atom stereocenters. The predicted molar refractivity (Wildman–Crippen MR) is 77.4 cm³/mol. The van der Waals surface area contributed by atoms with Gasteiger partial charge in [0.1, 0.15) is 17.3 Å². The topological polar surface area (TPSA) is 46.6 Å². The van der Waals surface area contributed by atoms with Crippen LogP contribution in [0.5, 0.6) is 0 Å². The molecule has 1 aromatic carbocycles. The number of carbonyl (C=O) groups is 1. The molecule has 4 nitrogen and oxygen atoms in total. The van der Waals surface area contributed by atoms with Gasteiger partial charge in [-0.2, -0.15) is 0 Å². The Balaban J connectivity index is 1.83. The lowest BCUT2D eigenvalue weighted by molar-refractivity contribution is 0.0705. The number of amides is 1. The Morgan fingerprint density at radius 3 is 1.91 bits per heavy atom. The van der Waals surface area contributed by atoms with Gasteiger partial charge < -0.3 is 13.7 Å². The van der Waals surface area contributed by atoms with Gasteiger partial charge in [-0.25, -0.2) is 4.39 Å². The van der Waals surface area contributed by atoms with Crippen molar-refractivity contribution in [2.75, 3.05) is 0 Å². The largest absolute Gasteiger partial charge is 0.467 e. The Bertz CT molecular complexity index is 682. The first kappa shape index (κ1) is 14.1. The summed E-state index contributed by atoms with van der Waals surface area (Å²) in [4.78, 5) is 14.2. The fraction of sp³-hybridized carbons (Fsp3) is 0.118. The molecule has 0 fully saturated rings. The van der Waals surface area contributed by atoms with Crippen molar-refractivity contribution < 1.29 is 18.0 Å². The van der Waals surface area contributed by atoms with Crippen LogP contribution < -0.4 is 0 Å². The van der Waals surface area contributed by atoms with Crippen LogP contribution in [0.25, 0.3) is 0 Å². The molecular formula is C17H14FNO3. The second kappa shape index (κ2) is 6.30. The van der Waals surface area contributed by atoms with E-state index in [1.807, 2.05) is 0 Å². The summed E-state index contributed by atoms with van der Waals surface area (Å²) in [6.45, 7) is 0.619. The first-order valence-electron chi connectivity index (χ1n) is 6.82. The van der Waals surface area contributed by atoms with E-state index in [-0.39, 0.29) is 11.7 Å². The Morgan fingerprint density at radius 2 is 1.45 bits per heavy atom. The maximum absolute atomic E-state index is 13.0. The molecule has 2 heterocycles. The van der Waals surface area contributed by atoms with Crippen LogP contribution in [0, 0.1) is 5.82 Å². The van der Waals surface area contributed by atoms with Crippen molar-refractivity contribution in [1.82, 2.24) is 4.90 Å². The first-order chi connectivity index (χ1) is 10.7. The number of halogens is 1. The van der Waals surface area contributed by atoms with Gasteiger partial charge >= 0.3 is 0 Å². The highest BCUT2D eigenvalue weighted by Gasteiger charge is 2.19. The lowest BCUT2D eigenvalue weighted by atomic mass is 10.2.